The summed E-state index contributed by atoms with van der Waals surface area (Å²) in [7, 11) is 0. The van der Waals surface area contributed by atoms with E-state index in [2.05, 4.69) is 9.55 Å². The Morgan fingerprint density at radius 3 is 2.37 bits per heavy atom. The average molecular weight is 402 g/mol. The van der Waals surface area contributed by atoms with Gasteiger partial charge in [-0.1, -0.05) is 24.6 Å². The lowest BCUT2D eigenvalue weighted by molar-refractivity contribution is 0.0690. The number of likely N-dealkylation sites (tertiary alicyclic amines) is 1. The van der Waals surface area contributed by atoms with Gasteiger partial charge in [0.05, 0.1) is 5.56 Å². The number of piperidine rings is 1. The fraction of sp³-hybridized carbons (Fsp3) is 0.417. The molecule has 1 saturated carbocycles. The highest BCUT2D eigenvalue weighted by molar-refractivity contribution is 6.07. The van der Waals surface area contributed by atoms with Gasteiger partial charge in [-0.15, -0.1) is 0 Å². The molecule has 2 aromatic heterocycles. The Balaban J connectivity index is 1.38. The van der Waals surface area contributed by atoms with Crippen molar-refractivity contribution in [1.82, 2.24) is 19.4 Å². The molecular formula is C24H26N4O2. The van der Waals surface area contributed by atoms with Crippen molar-refractivity contribution in [3.63, 3.8) is 0 Å². The SMILES string of the molecule is CC(=O)c1ccccc1C(=O)N1CCC(n2c(C3CCC3)nc3cccnc32)CC1. The third-order valence-electron chi connectivity index (χ3n) is 6.60. The molecule has 2 fully saturated rings. The van der Waals surface area contributed by atoms with Crippen molar-refractivity contribution >= 4 is 22.9 Å². The lowest BCUT2D eigenvalue weighted by atomic mass is 9.84. The van der Waals surface area contributed by atoms with Crippen molar-refractivity contribution in [2.75, 3.05) is 13.1 Å². The number of pyridine rings is 1. The Kier molecular flexibility index (Phi) is 4.85. The van der Waals surface area contributed by atoms with E-state index in [1.807, 2.05) is 29.3 Å². The van der Waals surface area contributed by atoms with Crippen LogP contribution in [0.1, 0.15) is 77.5 Å². The topological polar surface area (TPSA) is 68.1 Å². The van der Waals surface area contributed by atoms with E-state index >= 15 is 0 Å². The Morgan fingerprint density at radius 2 is 1.70 bits per heavy atom. The number of benzene rings is 1. The number of hydrogen-bond acceptors (Lipinski definition) is 4. The zero-order chi connectivity index (χ0) is 20.7. The second kappa shape index (κ2) is 7.67. The fourth-order valence-corrected chi connectivity index (χ4v) is 4.74. The van der Waals surface area contributed by atoms with Crippen LogP contribution in [0.2, 0.25) is 0 Å². The molecule has 3 aromatic rings. The molecule has 3 heterocycles. The zero-order valence-corrected chi connectivity index (χ0v) is 17.3. The first-order valence-corrected chi connectivity index (χ1v) is 10.9. The second-order valence-corrected chi connectivity index (χ2v) is 8.44. The number of rotatable bonds is 4. The summed E-state index contributed by atoms with van der Waals surface area (Å²) < 4.78 is 2.35. The summed E-state index contributed by atoms with van der Waals surface area (Å²) in [5.41, 5.74) is 2.94. The van der Waals surface area contributed by atoms with Gasteiger partial charge in [0.1, 0.15) is 11.3 Å². The van der Waals surface area contributed by atoms with Gasteiger partial charge in [-0.3, -0.25) is 9.59 Å². The summed E-state index contributed by atoms with van der Waals surface area (Å²) >= 11 is 0. The number of fused-ring (bicyclic) bond motifs is 1. The van der Waals surface area contributed by atoms with Crippen molar-refractivity contribution in [1.29, 1.82) is 0 Å². The molecule has 1 saturated heterocycles. The van der Waals surface area contributed by atoms with Gasteiger partial charge in [-0.05, 0) is 50.8 Å². The van der Waals surface area contributed by atoms with Crippen molar-refractivity contribution in [2.45, 2.75) is 51.0 Å². The number of nitrogens with zero attached hydrogens (tertiary/aromatic N) is 4. The Labute approximate surface area is 175 Å². The maximum Gasteiger partial charge on any atom is 0.254 e. The van der Waals surface area contributed by atoms with E-state index in [0.29, 0.717) is 36.2 Å². The van der Waals surface area contributed by atoms with E-state index in [1.165, 1.54) is 32.0 Å². The first-order valence-electron chi connectivity index (χ1n) is 10.9. The van der Waals surface area contributed by atoms with Crippen LogP contribution < -0.4 is 0 Å². The lowest BCUT2D eigenvalue weighted by Crippen LogP contribution is -2.40. The summed E-state index contributed by atoms with van der Waals surface area (Å²) in [4.78, 5) is 36.5. The van der Waals surface area contributed by atoms with Crippen molar-refractivity contribution in [2.24, 2.45) is 0 Å². The van der Waals surface area contributed by atoms with Gasteiger partial charge >= 0.3 is 0 Å². The normalized spacial score (nSPS) is 17.8. The van der Waals surface area contributed by atoms with Crippen LogP contribution in [-0.2, 0) is 0 Å². The highest BCUT2D eigenvalue weighted by atomic mass is 16.2. The first kappa shape index (κ1) is 19.0. The third-order valence-corrected chi connectivity index (χ3v) is 6.60. The maximum atomic E-state index is 13.1. The number of carbonyl (C=O) groups excluding carboxylic acids is 2. The monoisotopic (exact) mass is 402 g/mol. The number of ketones is 1. The van der Waals surface area contributed by atoms with E-state index in [1.54, 1.807) is 18.2 Å². The van der Waals surface area contributed by atoms with E-state index in [0.717, 1.165) is 24.0 Å². The number of amides is 1. The number of aromatic nitrogens is 3. The molecule has 6 nitrogen and oxygen atoms in total. The molecule has 0 bridgehead atoms. The number of carbonyl (C=O) groups is 2. The molecule has 30 heavy (non-hydrogen) atoms. The van der Waals surface area contributed by atoms with E-state index in [4.69, 9.17) is 4.98 Å². The fourth-order valence-electron chi connectivity index (χ4n) is 4.74. The lowest BCUT2D eigenvalue weighted by Gasteiger charge is -2.35. The maximum absolute atomic E-state index is 13.1. The summed E-state index contributed by atoms with van der Waals surface area (Å²) in [6.45, 7) is 2.86. The molecule has 1 aromatic carbocycles. The molecule has 0 N–H and O–H groups in total. The zero-order valence-electron chi connectivity index (χ0n) is 17.3. The third kappa shape index (κ3) is 3.20. The van der Waals surface area contributed by atoms with E-state index in [-0.39, 0.29) is 11.7 Å². The van der Waals surface area contributed by atoms with Gasteiger partial charge in [0, 0.05) is 36.8 Å². The van der Waals surface area contributed by atoms with Crippen LogP contribution in [0.3, 0.4) is 0 Å². The second-order valence-electron chi connectivity index (χ2n) is 8.44. The van der Waals surface area contributed by atoms with Crippen LogP contribution in [0, 0.1) is 0 Å². The molecule has 0 unspecified atom stereocenters. The van der Waals surface area contributed by atoms with Crippen LogP contribution >= 0.6 is 0 Å². The molecule has 1 amide bonds. The summed E-state index contributed by atoms with van der Waals surface area (Å²) in [6, 6.07) is 11.4. The predicted molar refractivity (Wildman–Crippen MR) is 115 cm³/mol. The van der Waals surface area contributed by atoms with Crippen molar-refractivity contribution in [3.05, 3.63) is 59.5 Å². The molecule has 1 aliphatic carbocycles. The minimum Gasteiger partial charge on any atom is -0.338 e. The van der Waals surface area contributed by atoms with E-state index < -0.39 is 0 Å². The van der Waals surface area contributed by atoms with Crippen LogP contribution in [0.15, 0.2) is 42.6 Å². The molecular weight excluding hydrogens is 376 g/mol. The van der Waals surface area contributed by atoms with Gasteiger partial charge in [-0.2, -0.15) is 0 Å². The molecule has 2 aliphatic rings. The quantitative estimate of drug-likeness (QED) is 0.608. The van der Waals surface area contributed by atoms with Crippen LogP contribution in [-0.4, -0.2) is 44.2 Å². The predicted octanol–water partition coefficient (Wildman–Crippen LogP) is 4.38. The molecule has 0 atom stereocenters. The Hall–Kier alpha value is -3.02. The van der Waals surface area contributed by atoms with Gasteiger partial charge in [-0.25, -0.2) is 9.97 Å². The summed E-state index contributed by atoms with van der Waals surface area (Å²) in [5, 5.41) is 0. The standard InChI is InChI=1S/C24H26N4O2/c1-16(29)19-8-2-3-9-20(19)24(30)27-14-11-18(12-15-27)28-22(17-6-4-7-17)26-21-10-5-13-25-23(21)28/h2-3,5,8-10,13,17-18H,4,6-7,11-12,14-15H2,1H3. The molecule has 1 aliphatic heterocycles. The summed E-state index contributed by atoms with van der Waals surface area (Å²) in [6.07, 6.45) is 7.24. The molecule has 0 spiro atoms. The molecule has 154 valence electrons. The van der Waals surface area contributed by atoms with Gasteiger partial charge in [0.15, 0.2) is 11.4 Å². The van der Waals surface area contributed by atoms with Gasteiger partial charge in [0.25, 0.3) is 5.91 Å². The van der Waals surface area contributed by atoms with Crippen LogP contribution in [0.4, 0.5) is 0 Å². The summed E-state index contributed by atoms with van der Waals surface area (Å²) in [5.74, 6) is 1.57. The van der Waals surface area contributed by atoms with Crippen LogP contribution in [0.25, 0.3) is 11.2 Å². The molecule has 0 radical (unpaired) electrons. The van der Waals surface area contributed by atoms with Crippen molar-refractivity contribution in [3.8, 4) is 0 Å². The first-order chi connectivity index (χ1) is 14.6. The molecule has 5 rings (SSSR count). The van der Waals surface area contributed by atoms with Crippen molar-refractivity contribution < 1.29 is 9.59 Å². The average Bonchev–Trinajstić information content (AvgIpc) is 3.10. The van der Waals surface area contributed by atoms with Gasteiger partial charge in [0.2, 0.25) is 0 Å². The number of hydrogen-bond donors (Lipinski definition) is 0. The minimum absolute atomic E-state index is 0.0490. The smallest absolute Gasteiger partial charge is 0.254 e. The molecule has 6 heteroatoms. The highest BCUT2D eigenvalue weighted by Gasteiger charge is 2.32. The minimum atomic E-state index is -0.0741. The Bertz CT molecular complexity index is 1110. The van der Waals surface area contributed by atoms with E-state index in [9.17, 15) is 9.59 Å². The number of imidazole rings is 1. The largest absolute Gasteiger partial charge is 0.338 e. The van der Waals surface area contributed by atoms with Gasteiger partial charge < -0.3 is 9.47 Å². The Morgan fingerprint density at radius 1 is 0.967 bits per heavy atom. The number of Topliss-reactive ketones (excluding diaryl/α,β-unsaturated/α-hetero) is 1. The highest BCUT2D eigenvalue weighted by Crippen LogP contribution is 2.39. The van der Waals surface area contributed by atoms with Crippen LogP contribution in [0.5, 0.6) is 0 Å².